The van der Waals surface area contributed by atoms with Crippen molar-refractivity contribution in [1.82, 2.24) is 0 Å². The largest absolute Gasteiger partial charge is 0.460 e. The van der Waals surface area contributed by atoms with Gasteiger partial charge in [0.2, 0.25) is 0 Å². The van der Waals surface area contributed by atoms with E-state index in [1.54, 1.807) is 0 Å². The number of hydrogen-bond acceptors (Lipinski definition) is 17. The molecule has 0 spiro atoms. The van der Waals surface area contributed by atoms with Gasteiger partial charge >= 0.3 is 47.8 Å². The molecule has 0 aromatic heterocycles. The Morgan fingerprint density at radius 1 is 0.458 bits per heavy atom. The van der Waals surface area contributed by atoms with Crippen molar-refractivity contribution in [2.24, 2.45) is 102 Å². The lowest BCUT2D eigenvalue weighted by Crippen LogP contribution is -2.62. The molecule has 2 aliphatic heterocycles. The van der Waals surface area contributed by atoms with Gasteiger partial charge in [-0.25, -0.2) is 0 Å². The standard InChI is InChI=1S/C24H40O2.C15H19NO4.C15H28O2.C14H20O4.C12H22O2.C10H20O2/c1-6-21(2,3)20(25)26-24(9-7-8-10-24)22(4,5)23-14-17-11-18(15-23)13-19(12-17)16-23;1-4-14(2,3)12(17)19-10-8-5-9-11(10)20-13(18)15(9,6-8)7-16;1-6-14(2,3)13(16)17-15(4,5)12-10-8-7-9-11-12;1-4-14(2,3)13(16)18-10-7-5-8-9(6-7)12(15)17-11(8)10;1-5-11(2,3)10(13)14-12(4)8-6-7-9-12;1-7-10(5,6)8(11)12-9(2,3)4/h17-19H,6-16H2,1-5H3;8-11H,4-6H2,1-3H3;12H,6-11H2,1-5H3;7-11H,4-6H2,1-3H3;5-9H2,1-4H3;7H2,1-6H3. The van der Waals surface area contributed by atoms with Crippen LogP contribution in [0.1, 0.15) is 366 Å². The summed E-state index contributed by atoms with van der Waals surface area (Å²) in [4.78, 5) is 96.5. The van der Waals surface area contributed by atoms with E-state index in [0.717, 1.165) is 94.8 Å². The molecular formula is C90H149NO16. The topological polar surface area (TPSA) is 234 Å². The zero-order valence-electron chi connectivity index (χ0n) is 72.0. The molecule has 0 aromatic carbocycles. The van der Waals surface area contributed by atoms with Gasteiger partial charge < -0.3 is 37.9 Å². The molecule has 17 nitrogen and oxygen atoms in total. The molecule has 2 saturated heterocycles. The molecule has 13 fully saturated rings. The Bertz CT molecular complexity index is 3130. The zero-order chi connectivity index (χ0) is 80.5. The van der Waals surface area contributed by atoms with Crippen molar-refractivity contribution in [3.63, 3.8) is 0 Å². The minimum atomic E-state index is -0.974. The number of nitrogens with zero attached hydrogens (tertiary/aromatic N) is 1. The molecule has 107 heavy (non-hydrogen) atoms. The van der Waals surface area contributed by atoms with Crippen LogP contribution in [0.3, 0.4) is 0 Å². The third-order valence-corrected chi connectivity index (χ3v) is 29.8. The minimum Gasteiger partial charge on any atom is -0.460 e. The first-order chi connectivity index (χ1) is 49.3. The van der Waals surface area contributed by atoms with Crippen LogP contribution in [0.4, 0.5) is 0 Å². The number of esters is 8. The lowest BCUT2D eigenvalue weighted by atomic mass is 9.40. The summed E-state index contributed by atoms with van der Waals surface area (Å²) in [5, 5.41) is 9.31. The number of carbonyl (C=O) groups is 8. The first kappa shape index (κ1) is 89.5. The molecule has 2 heterocycles. The fraction of sp³-hybridized carbons (Fsp3) is 0.900. The molecule has 11 aliphatic carbocycles. The number of hydrogen-bond donors (Lipinski definition) is 0. The highest BCUT2D eigenvalue weighted by atomic mass is 16.6. The van der Waals surface area contributed by atoms with Crippen LogP contribution in [0.15, 0.2) is 0 Å². The maximum absolute atomic E-state index is 13.1. The second-order valence-corrected chi connectivity index (χ2v) is 41.6. The van der Waals surface area contributed by atoms with E-state index in [9.17, 15) is 43.6 Å². The van der Waals surface area contributed by atoms with Crippen LogP contribution < -0.4 is 0 Å². The van der Waals surface area contributed by atoms with Gasteiger partial charge in [0.05, 0.1) is 44.5 Å². The van der Waals surface area contributed by atoms with Crippen LogP contribution in [0.5, 0.6) is 0 Å². The van der Waals surface area contributed by atoms with Gasteiger partial charge in [0, 0.05) is 29.1 Å². The molecular weight excluding hydrogens is 1350 g/mol. The fourth-order valence-electron chi connectivity index (χ4n) is 19.5. The van der Waals surface area contributed by atoms with Crippen molar-refractivity contribution in [2.45, 2.75) is 413 Å². The van der Waals surface area contributed by atoms with Gasteiger partial charge in [-0.15, -0.1) is 0 Å². The molecule has 11 saturated carbocycles. The fourth-order valence-corrected chi connectivity index (χ4v) is 19.5. The molecule has 13 rings (SSSR count). The van der Waals surface area contributed by atoms with E-state index < -0.39 is 28.3 Å². The predicted octanol–water partition coefficient (Wildman–Crippen LogP) is 20.6. The average Bonchev–Trinajstić information content (AvgIpc) is 1.67. The van der Waals surface area contributed by atoms with Gasteiger partial charge in [0.1, 0.15) is 46.8 Å². The summed E-state index contributed by atoms with van der Waals surface area (Å²) in [6.07, 6.45) is 30.6. The SMILES string of the molecule is CCC(C)(C)C(=O)OC(C)(C)C.CCC(C)(C)C(=O)OC(C)(C)C1CCCCC1.CCC(C)(C)C(=O)OC1(C(C)(C)C23CC4CC(CC(C4)C2)C3)CCCC1.CCC(C)(C)C(=O)OC1(C)CCCC1.CCC(C)(C)C(=O)OC1C2CC3C(=O)OC1C3C2.CCC(C)(C)C(=O)OC1C2CC3C1OC(=O)C3(C#N)C2. The quantitative estimate of drug-likeness (QED) is 0.0814. The number of nitriles is 1. The second-order valence-electron chi connectivity index (χ2n) is 41.6. The third-order valence-electron chi connectivity index (χ3n) is 29.8. The Kier molecular flexibility index (Phi) is 28.0. The molecule has 17 heteroatoms. The van der Waals surface area contributed by atoms with Gasteiger partial charge in [0.25, 0.3) is 0 Å². The van der Waals surface area contributed by atoms with E-state index in [2.05, 4.69) is 61.5 Å². The highest BCUT2D eigenvalue weighted by Gasteiger charge is 2.73. The first-order valence-electron chi connectivity index (χ1n) is 42.5. The lowest BCUT2D eigenvalue weighted by molar-refractivity contribution is -0.223. The Hall–Kier alpha value is -4.75. The van der Waals surface area contributed by atoms with Gasteiger partial charge in [-0.1, -0.05) is 74.7 Å². The Balaban J connectivity index is 0.000000182. The van der Waals surface area contributed by atoms with Gasteiger partial charge in [-0.2, -0.15) is 5.26 Å². The normalized spacial score (nSPS) is 31.2. The number of rotatable bonds is 20. The van der Waals surface area contributed by atoms with E-state index in [0.29, 0.717) is 36.0 Å². The summed E-state index contributed by atoms with van der Waals surface area (Å²) in [6.45, 7) is 52.1. The summed E-state index contributed by atoms with van der Waals surface area (Å²) in [5.41, 5.74) is -3.95. The Morgan fingerprint density at radius 2 is 0.869 bits per heavy atom. The van der Waals surface area contributed by atoms with Gasteiger partial charge in [0.15, 0.2) is 5.41 Å². The van der Waals surface area contributed by atoms with Crippen molar-refractivity contribution in [1.29, 1.82) is 5.26 Å². The summed E-state index contributed by atoms with van der Waals surface area (Å²) >= 11 is 0. The molecule has 0 N–H and O–H groups in total. The van der Waals surface area contributed by atoms with Crippen LogP contribution in [0.25, 0.3) is 0 Å². The van der Waals surface area contributed by atoms with Crippen LogP contribution in [-0.2, 0) is 76.3 Å². The summed E-state index contributed by atoms with van der Waals surface area (Å²) in [6, 6.07) is 2.15. The van der Waals surface area contributed by atoms with E-state index in [-0.39, 0.29) is 127 Å². The first-order valence-corrected chi connectivity index (χ1v) is 42.5. The molecule has 0 aromatic rings. The van der Waals surface area contributed by atoms with E-state index in [1.165, 1.54) is 96.3 Å². The monoisotopic (exact) mass is 1500 g/mol. The smallest absolute Gasteiger partial charge is 0.327 e. The zero-order valence-corrected chi connectivity index (χ0v) is 72.0. The van der Waals surface area contributed by atoms with Crippen molar-refractivity contribution in [2.75, 3.05) is 0 Å². The molecule has 10 atom stereocenters. The molecule has 8 bridgehead atoms. The molecule has 10 unspecified atom stereocenters. The summed E-state index contributed by atoms with van der Waals surface area (Å²) < 4.78 is 45.3. The number of carbonyl (C=O) groups excluding carboxylic acids is 8. The van der Waals surface area contributed by atoms with E-state index in [1.807, 2.05) is 125 Å². The van der Waals surface area contributed by atoms with Gasteiger partial charge in [-0.3, -0.25) is 38.4 Å². The Labute approximate surface area is 647 Å². The number of fused-ring (bicyclic) bond motifs is 2. The van der Waals surface area contributed by atoms with E-state index >= 15 is 0 Å². The van der Waals surface area contributed by atoms with Crippen LogP contribution in [0.2, 0.25) is 0 Å². The van der Waals surface area contributed by atoms with Crippen LogP contribution >= 0.6 is 0 Å². The molecule has 0 amide bonds. The van der Waals surface area contributed by atoms with Crippen molar-refractivity contribution < 1.29 is 76.3 Å². The predicted molar refractivity (Wildman–Crippen MR) is 415 cm³/mol. The Morgan fingerprint density at radius 3 is 1.31 bits per heavy atom. The maximum Gasteiger partial charge on any atom is 0.327 e. The van der Waals surface area contributed by atoms with Crippen LogP contribution in [-0.4, -0.2) is 94.6 Å². The maximum atomic E-state index is 13.1. The average molecular weight is 1500 g/mol. The second kappa shape index (κ2) is 33.5. The minimum absolute atomic E-state index is 0.0376. The summed E-state index contributed by atoms with van der Waals surface area (Å²) in [7, 11) is 0. The summed E-state index contributed by atoms with van der Waals surface area (Å²) in [5.74, 6) is 2.97. The van der Waals surface area contributed by atoms with Crippen molar-refractivity contribution in [3.8, 4) is 6.07 Å². The van der Waals surface area contributed by atoms with E-state index in [4.69, 9.17) is 37.9 Å². The van der Waals surface area contributed by atoms with Crippen molar-refractivity contribution >= 4 is 47.8 Å². The highest BCUT2D eigenvalue weighted by Crippen LogP contribution is 2.71. The van der Waals surface area contributed by atoms with Gasteiger partial charge in [-0.05, 0) is 321 Å². The highest BCUT2D eigenvalue weighted by molar-refractivity contribution is 5.85. The molecule has 0 radical (unpaired) electrons. The van der Waals surface area contributed by atoms with Crippen molar-refractivity contribution in [3.05, 3.63) is 0 Å². The molecule has 610 valence electrons. The number of ether oxygens (including phenoxy) is 8. The lowest BCUT2D eigenvalue weighted by Gasteiger charge is -2.66. The molecule has 13 aliphatic rings. The van der Waals surface area contributed by atoms with Crippen LogP contribution in [0, 0.1) is 113 Å². The third kappa shape index (κ3) is 19.5.